The third kappa shape index (κ3) is 4.40. The van der Waals surface area contributed by atoms with Gasteiger partial charge in [-0.1, -0.05) is 26.0 Å². The van der Waals surface area contributed by atoms with Gasteiger partial charge >= 0.3 is 0 Å². The van der Waals surface area contributed by atoms with Crippen LogP contribution in [0.25, 0.3) is 0 Å². The highest BCUT2D eigenvalue weighted by molar-refractivity contribution is 5.39. The summed E-state index contributed by atoms with van der Waals surface area (Å²) in [6.07, 6.45) is 0. The Labute approximate surface area is 155 Å². The van der Waals surface area contributed by atoms with E-state index in [1.54, 1.807) is 0 Å². The van der Waals surface area contributed by atoms with E-state index in [0.717, 1.165) is 37.5 Å². The van der Waals surface area contributed by atoms with Gasteiger partial charge in [0.05, 0.1) is 0 Å². The second-order valence-electron chi connectivity index (χ2n) is 7.18. The standard InChI is InChI=1S/C19H28N6O/c1-13(2)15-6-5-14(3)11-16(15)26-12-17-21-18(20)23-19(22-17)25-9-7-24(4)8-10-25/h5-6,11,13H,7-10,12H2,1-4H3,(H2,20,21,22,23). The minimum absolute atomic E-state index is 0.237. The highest BCUT2D eigenvalue weighted by atomic mass is 16.5. The van der Waals surface area contributed by atoms with E-state index in [2.05, 4.69) is 70.8 Å². The van der Waals surface area contributed by atoms with Crippen molar-refractivity contribution in [3.63, 3.8) is 0 Å². The summed E-state index contributed by atoms with van der Waals surface area (Å²) in [4.78, 5) is 17.6. The highest BCUT2D eigenvalue weighted by Gasteiger charge is 2.18. The molecule has 1 aliphatic heterocycles. The smallest absolute Gasteiger partial charge is 0.230 e. The number of piperazine rings is 1. The number of benzene rings is 1. The van der Waals surface area contributed by atoms with Crippen molar-refractivity contribution in [1.82, 2.24) is 19.9 Å². The van der Waals surface area contributed by atoms with Crippen LogP contribution < -0.4 is 15.4 Å². The maximum Gasteiger partial charge on any atom is 0.230 e. The normalized spacial score (nSPS) is 15.5. The number of aryl methyl sites for hydroxylation is 1. The molecule has 0 bridgehead atoms. The maximum absolute atomic E-state index is 6.04. The first-order chi connectivity index (χ1) is 12.4. The Kier molecular flexibility index (Phi) is 5.56. The number of likely N-dealkylation sites (N-methyl/N-ethyl adjacent to an activating group) is 1. The summed E-state index contributed by atoms with van der Waals surface area (Å²) in [5, 5.41) is 0. The van der Waals surface area contributed by atoms with E-state index in [9.17, 15) is 0 Å². The zero-order valence-electron chi connectivity index (χ0n) is 16.1. The van der Waals surface area contributed by atoms with E-state index in [-0.39, 0.29) is 12.6 Å². The molecule has 0 unspecified atom stereocenters. The van der Waals surface area contributed by atoms with Gasteiger partial charge in [-0.2, -0.15) is 15.0 Å². The second-order valence-corrected chi connectivity index (χ2v) is 7.18. The zero-order valence-corrected chi connectivity index (χ0v) is 16.1. The molecule has 1 aromatic heterocycles. The molecule has 1 saturated heterocycles. The lowest BCUT2D eigenvalue weighted by Gasteiger charge is -2.32. The number of nitrogen functional groups attached to an aromatic ring is 1. The van der Waals surface area contributed by atoms with Gasteiger partial charge in [-0.25, -0.2) is 0 Å². The fourth-order valence-electron chi connectivity index (χ4n) is 3.02. The molecule has 0 spiro atoms. The van der Waals surface area contributed by atoms with Crippen molar-refractivity contribution in [2.24, 2.45) is 0 Å². The molecule has 0 saturated carbocycles. The molecule has 0 radical (unpaired) electrons. The lowest BCUT2D eigenvalue weighted by atomic mass is 10.0. The number of hydrogen-bond acceptors (Lipinski definition) is 7. The van der Waals surface area contributed by atoms with Gasteiger partial charge in [-0.3, -0.25) is 0 Å². The second kappa shape index (κ2) is 7.86. The lowest BCUT2D eigenvalue weighted by Crippen LogP contribution is -2.45. The topological polar surface area (TPSA) is 80.4 Å². The summed E-state index contributed by atoms with van der Waals surface area (Å²) in [6.45, 7) is 10.4. The van der Waals surface area contributed by atoms with Gasteiger partial charge < -0.3 is 20.3 Å². The van der Waals surface area contributed by atoms with Crippen LogP contribution in [-0.4, -0.2) is 53.1 Å². The van der Waals surface area contributed by atoms with Gasteiger partial charge in [0.15, 0.2) is 5.82 Å². The summed E-state index contributed by atoms with van der Waals surface area (Å²) in [6, 6.07) is 6.28. The molecule has 26 heavy (non-hydrogen) atoms. The summed E-state index contributed by atoms with van der Waals surface area (Å²) >= 11 is 0. The third-order valence-electron chi connectivity index (χ3n) is 4.62. The Bertz CT molecular complexity index is 756. The Morgan fingerprint density at radius 3 is 2.54 bits per heavy atom. The summed E-state index contributed by atoms with van der Waals surface area (Å²) < 4.78 is 6.04. The van der Waals surface area contributed by atoms with Gasteiger partial charge in [0.2, 0.25) is 11.9 Å². The molecule has 3 rings (SSSR count). The number of hydrogen-bond donors (Lipinski definition) is 1. The quantitative estimate of drug-likeness (QED) is 0.880. The number of nitrogens with two attached hydrogens (primary N) is 1. The summed E-state index contributed by atoms with van der Waals surface area (Å²) in [5.74, 6) is 2.69. The number of nitrogens with zero attached hydrogens (tertiary/aromatic N) is 5. The van der Waals surface area contributed by atoms with Crippen molar-refractivity contribution in [2.45, 2.75) is 33.3 Å². The monoisotopic (exact) mass is 356 g/mol. The van der Waals surface area contributed by atoms with E-state index >= 15 is 0 Å². The van der Waals surface area contributed by atoms with Crippen molar-refractivity contribution in [3.8, 4) is 5.75 Å². The Morgan fingerprint density at radius 1 is 1.12 bits per heavy atom. The molecule has 1 aromatic carbocycles. The van der Waals surface area contributed by atoms with Crippen LogP contribution >= 0.6 is 0 Å². The largest absolute Gasteiger partial charge is 0.485 e. The minimum atomic E-state index is 0.237. The van der Waals surface area contributed by atoms with Crippen LogP contribution in [0.4, 0.5) is 11.9 Å². The maximum atomic E-state index is 6.04. The van der Waals surface area contributed by atoms with Crippen LogP contribution in [-0.2, 0) is 6.61 Å². The Hall–Kier alpha value is -2.41. The lowest BCUT2D eigenvalue weighted by molar-refractivity contribution is 0.290. The van der Waals surface area contributed by atoms with E-state index in [1.165, 1.54) is 5.56 Å². The van der Waals surface area contributed by atoms with Gasteiger partial charge in [0.25, 0.3) is 0 Å². The Morgan fingerprint density at radius 2 is 1.85 bits per heavy atom. The SMILES string of the molecule is Cc1ccc(C(C)C)c(OCc2nc(N)nc(N3CCN(C)CC3)n2)c1. The number of rotatable bonds is 5. The average Bonchev–Trinajstić information content (AvgIpc) is 2.60. The van der Waals surface area contributed by atoms with Crippen molar-refractivity contribution in [2.75, 3.05) is 43.9 Å². The number of ether oxygens (including phenoxy) is 1. The van der Waals surface area contributed by atoms with Crippen molar-refractivity contribution < 1.29 is 4.74 Å². The third-order valence-corrected chi connectivity index (χ3v) is 4.62. The van der Waals surface area contributed by atoms with Gasteiger partial charge in [0.1, 0.15) is 12.4 Å². The number of aromatic nitrogens is 3. The molecule has 1 aliphatic rings. The van der Waals surface area contributed by atoms with Crippen molar-refractivity contribution in [1.29, 1.82) is 0 Å². The highest BCUT2D eigenvalue weighted by Crippen LogP contribution is 2.28. The molecule has 7 nitrogen and oxygen atoms in total. The fourth-order valence-corrected chi connectivity index (χ4v) is 3.02. The van der Waals surface area contributed by atoms with Crippen LogP contribution in [0.2, 0.25) is 0 Å². The molecule has 2 heterocycles. The van der Waals surface area contributed by atoms with Crippen molar-refractivity contribution in [3.05, 3.63) is 35.2 Å². The molecule has 0 amide bonds. The van der Waals surface area contributed by atoms with Crippen LogP contribution in [0.3, 0.4) is 0 Å². The van der Waals surface area contributed by atoms with E-state index in [1.807, 2.05) is 0 Å². The molecule has 2 aromatic rings. The molecule has 1 fully saturated rings. The van der Waals surface area contributed by atoms with Gasteiger partial charge in [-0.05, 0) is 37.1 Å². The van der Waals surface area contributed by atoms with Crippen LogP contribution in [0.5, 0.6) is 5.75 Å². The van der Waals surface area contributed by atoms with Gasteiger partial charge in [0, 0.05) is 26.2 Å². The molecule has 0 aliphatic carbocycles. The average molecular weight is 356 g/mol. The molecule has 0 atom stereocenters. The van der Waals surface area contributed by atoms with E-state index in [0.29, 0.717) is 17.7 Å². The summed E-state index contributed by atoms with van der Waals surface area (Å²) in [5.41, 5.74) is 8.25. The van der Waals surface area contributed by atoms with E-state index in [4.69, 9.17) is 10.5 Å². The summed E-state index contributed by atoms with van der Waals surface area (Å²) in [7, 11) is 2.12. The van der Waals surface area contributed by atoms with Gasteiger partial charge in [-0.15, -0.1) is 0 Å². The predicted molar refractivity (Wildman–Crippen MR) is 104 cm³/mol. The Balaban J connectivity index is 1.76. The molecule has 2 N–H and O–H groups in total. The molecular formula is C19H28N6O. The van der Waals surface area contributed by atoms with Crippen LogP contribution in [0.15, 0.2) is 18.2 Å². The first-order valence-corrected chi connectivity index (χ1v) is 9.09. The molecule has 7 heteroatoms. The number of anilines is 2. The molecular weight excluding hydrogens is 328 g/mol. The first-order valence-electron chi connectivity index (χ1n) is 9.09. The first kappa shape index (κ1) is 18.4. The minimum Gasteiger partial charge on any atom is -0.485 e. The van der Waals surface area contributed by atoms with Crippen LogP contribution in [0, 0.1) is 6.92 Å². The zero-order chi connectivity index (χ0) is 18.7. The van der Waals surface area contributed by atoms with Crippen LogP contribution in [0.1, 0.15) is 36.7 Å². The fraction of sp³-hybridized carbons (Fsp3) is 0.526. The van der Waals surface area contributed by atoms with Crippen molar-refractivity contribution >= 4 is 11.9 Å². The molecule has 140 valence electrons. The predicted octanol–water partition coefficient (Wildman–Crippen LogP) is 2.22. The van der Waals surface area contributed by atoms with E-state index < -0.39 is 0 Å².